The van der Waals surface area contributed by atoms with Crippen LogP contribution in [0.3, 0.4) is 0 Å². The van der Waals surface area contributed by atoms with E-state index in [4.69, 9.17) is 14.2 Å². The van der Waals surface area contributed by atoms with Crippen molar-refractivity contribution in [1.29, 1.82) is 0 Å². The van der Waals surface area contributed by atoms with Crippen molar-refractivity contribution in [2.24, 2.45) is 10.9 Å². The summed E-state index contributed by atoms with van der Waals surface area (Å²) >= 11 is 0. The van der Waals surface area contributed by atoms with Gasteiger partial charge in [-0.3, -0.25) is 4.99 Å². The normalized spacial score (nSPS) is 16.9. The fourth-order valence-electron chi connectivity index (χ4n) is 2.57. The number of rotatable bonds is 9. The first kappa shape index (κ1) is 22.9. The Bertz CT molecular complexity index is 554. The zero-order chi connectivity index (χ0) is 17.9. The first-order valence-corrected chi connectivity index (χ1v) is 8.65. The molecule has 0 radical (unpaired) electrons. The Hall–Kier alpha value is -1.13. The number of aliphatic imine (C=N–C) groups is 1. The third kappa shape index (κ3) is 8.05. The lowest BCUT2D eigenvalue weighted by Crippen LogP contribution is -2.37. The number of hydrogen-bond acceptors (Lipinski definition) is 4. The van der Waals surface area contributed by atoms with Gasteiger partial charge in [0.2, 0.25) is 0 Å². The van der Waals surface area contributed by atoms with Crippen molar-refractivity contribution in [2.75, 3.05) is 47.1 Å². The van der Waals surface area contributed by atoms with Crippen LogP contribution in [0.1, 0.15) is 18.4 Å². The van der Waals surface area contributed by atoms with Gasteiger partial charge in [0, 0.05) is 39.3 Å². The van der Waals surface area contributed by atoms with Crippen LogP contribution in [0, 0.1) is 11.7 Å². The maximum absolute atomic E-state index is 13.7. The van der Waals surface area contributed by atoms with Crippen molar-refractivity contribution in [3.63, 3.8) is 0 Å². The fourth-order valence-corrected chi connectivity index (χ4v) is 2.57. The molecule has 0 spiro atoms. The van der Waals surface area contributed by atoms with Crippen molar-refractivity contribution < 1.29 is 18.6 Å². The van der Waals surface area contributed by atoms with Crippen molar-refractivity contribution in [3.8, 4) is 5.75 Å². The fraction of sp³-hybridized carbons (Fsp3) is 0.611. The van der Waals surface area contributed by atoms with E-state index in [2.05, 4.69) is 15.6 Å². The molecule has 1 aromatic rings. The summed E-state index contributed by atoms with van der Waals surface area (Å²) in [6.45, 7) is 4.41. The van der Waals surface area contributed by atoms with E-state index in [-0.39, 0.29) is 35.5 Å². The number of guanidine groups is 1. The van der Waals surface area contributed by atoms with E-state index in [9.17, 15) is 4.39 Å². The highest BCUT2D eigenvalue weighted by Gasteiger charge is 2.15. The monoisotopic (exact) mass is 481 g/mol. The van der Waals surface area contributed by atoms with Crippen molar-refractivity contribution >= 4 is 29.9 Å². The number of nitrogens with one attached hydrogen (secondary N) is 2. The summed E-state index contributed by atoms with van der Waals surface area (Å²) in [5.74, 6) is 1.11. The predicted octanol–water partition coefficient (Wildman–Crippen LogP) is 2.56. The molecule has 1 unspecified atom stereocenters. The van der Waals surface area contributed by atoms with E-state index in [1.54, 1.807) is 13.1 Å². The SMILES string of the molecule is CN=C(NCCCOCC1CCOC1)NCc1ccc(OC)c(F)c1.I. The summed E-state index contributed by atoms with van der Waals surface area (Å²) in [4.78, 5) is 4.16. The Balaban J connectivity index is 0.00000338. The minimum absolute atomic E-state index is 0. The van der Waals surface area contributed by atoms with Crippen molar-refractivity contribution in [1.82, 2.24) is 10.6 Å². The maximum atomic E-state index is 13.7. The van der Waals surface area contributed by atoms with E-state index in [0.717, 1.165) is 44.8 Å². The number of nitrogens with zero attached hydrogens (tertiary/aromatic N) is 1. The third-order valence-electron chi connectivity index (χ3n) is 4.04. The summed E-state index contributed by atoms with van der Waals surface area (Å²) in [7, 11) is 3.16. The van der Waals surface area contributed by atoms with E-state index < -0.39 is 0 Å². The summed E-state index contributed by atoms with van der Waals surface area (Å²) < 4.78 is 29.6. The molecule has 1 heterocycles. The molecule has 1 aliphatic heterocycles. The zero-order valence-electron chi connectivity index (χ0n) is 15.4. The van der Waals surface area contributed by atoms with Crippen molar-refractivity contribution in [3.05, 3.63) is 29.6 Å². The summed E-state index contributed by atoms with van der Waals surface area (Å²) in [5.41, 5.74) is 0.823. The molecule has 26 heavy (non-hydrogen) atoms. The smallest absolute Gasteiger partial charge is 0.191 e. The third-order valence-corrected chi connectivity index (χ3v) is 4.04. The van der Waals surface area contributed by atoms with Crippen LogP contribution in [0.25, 0.3) is 0 Å². The molecule has 1 saturated heterocycles. The van der Waals surface area contributed by atoms with Crippen LogP contribution in [-0.2, 0) is 16.0 Å². The molecule has 0 amide bonds. The van der Waals surface area contributed by atoms with Crippen LogP contribution in [0.5, 0.6) is 5.75 Å². The highest BCUT2D eigenvalue weighted by atomic mass is 127. The van der Waals surface area contributed by atoms with Gasteiger partial charge in [0.1, 0.15) is 0 Å². The molecule has 6 nitrogen and oxygen atoms in total. The standard InChI is InChI=1S/C18H28FN3O3.HI/c1-20-18(21-7-3-8-24-12-15-6-9-25-13-15)22-11-14-4-5-17(23-2)16(19)10-14;/h4-5,10,15H,3,6-9,11-13H2,1-2H3,(H2,20,21,22);1H. The van der Waals surface area contributed by atoms with Gasteiger partial charge in [0.25, 0.3) is 0 Å². The van der Waals surface area contributed by atoms with Crippen LogP contribution < -0.4 is 15.4 Å². The van der Waals surface area contributed by atoms with Crippen LogP contribution >= 0.6 is 24.0 Å². The highest BCUT2D eigenvalue weighted by Crippen LogP contribution is 2.17. The Labute approximate surface area is 171 Å². The number of ether oxygens (including phenoxy) is 3. The molecule has 2 rings (SSSR count). The first-order valence-electron chi connectivity index (χ1n) is 8.65. The predicted molar refractivity (Wildman–Crippen MR) is 111 cm³/mol. The van der Waals surface area contributed by atoms with E-state index in [1.165, 1.54) is 13.2 Å². The highest BCUT2D eigenvalue weighted by molar-refractivity contribution is 14.0. The number of methoxy groups -OCH3 is 1. The number of halogens is 2. The first-order chi connectivity index (χ1) is 12.2. The Morgan fingerprint density at radius 2 is 2.23 bits per heavy atom. The molecule has 1 atom stereocenters. The Morgan fingerprint density at radius 1 is 1.38 bits per heavy atom. The Kier molecular flexibility index (Phi) is 11.5. The van der Waals surface area contributed by atoms with E-state index >= 15 is 0 Å². The molecule has 1 fully saturated rings. The van der Waals surface area contributed by atoms with Crippen LogP contribution in [0.4, 0.5) is 4.39 Å². The molecule has 1 aliphatic rings. The lowest BCUT2D eigenvalue weighted by Gasteiger charge is -2.13. The largest absolute Gasteiger partial charge is 0.494 e. The molecular formula is C18H29FIN3O3. The minimum Gasteiger partial charge on any atom is -0.494 e. The Morgan fingerprint density at radius 3 is 2.88 bits per heavy atom. The lowest BCUT2D eigenvalue weighted by molar-refractivity contribution is 0.0888. The van der Waals surface area contributed by atoms with Gasteiger partial charge in [0.15, 0.2) is 17.5 Å². The quantitative estimate of drug-likeness (QED) is 0.246. The lowest BCUT2D eigenvalue weighted by atomic mass is 10.1. The van der Waals surface area contributed by atoms with Gasteiger partial charge in [-0.2, -0.15) is 0 Å². The van der Waals surface area contributed by atoms with Crippen LogP contribution in [-0.4, -0.2) is 53.1 Å². The summed E-state index contributed by atoms with van der Waals surface area (Å²) in [5, 5.41) is 6.38. The van der Waals surface area contributed by atoms with Crippen LogP contribution in [0.15, 0.2) is 23.2 Å². The summed E-state index contributed by atoms with van der Waals surface area (Å²) in [6, 6.07) is 4.90. The van der Waals surface area contributed by atoms with E-state index in [0.29, 0.717) is 25.0 Å². The molecule has 0 bridgehead atoms. The average molecular weight is 481 g/mol. The maximum Gasteiger partial charge on any atom is 0.191 e. The topological polar surface area (TPSA) is 64.1 Å². The second kappa shape index (κ2) is 13.1. The van der Waals surface area contributed by atoms with E-state index in [1.807, 2.05) is 6.07 Å². The number of hydrogen-bond donors (Lipinski definition) is 2. The molecule has 1 aromatic carbocycles. The molecule has 0 saturated carbocycles. The van der Waals surface area contributed by atoms with Gasteiger partial charge >= 0.3 is 0 Å². The molecule has 148 valence electrons. The average Bonchev–Trinajstić information content (AvgIpc) is 3.14. The molecule has 0 aliphatic carbocycles. The number of benzene rings is 1. The van der Waals surface area contributed by atoms with Gasteiger partial charge in [-0.1, -0.05) is 6.07 Å². The van der Waals surface area contributed by atoms with Gasteiger partial charge in [-0.25, -0.2) is 4.39 Å². The molecule has 2 N–H and O–H groups in total. The van der Waals surface area contributed by atoms with Crippen LogP contribution in [0.2, 0.25) is 0 Å². The second-order valence-electron chi connectivity index (χ2n) is 5.98. The molecule has 8 heteroatoms. The summed E-state index contributed by atoms with van der Waals surface area (Å²) in [6.07, 6.45) is 1.99. The van der Waals surface area contributed by atoms with Crippen molar-refractivity contribution in [2.45, 2.75) is 19.4 Å². The van der Waals surface area contributed by atoms with Gasteiger partial charge in [-0.05, 0) is 30.5 Å². The minimum atomic E-state index is -0.366. The zero-order valence-corrected chi connectivity index (χ0v) is 17.8. The molecular weight excluding hydrogens is 452 g/mol. The van der Waals surface area contributed by atoms with Gasteiger partial charge in [0.05, 0.1) is 20.3 Å². The molecule has 0 aromatic heterocycles. The van der Waals surface area contributed by atoms with Gasteiger partial charge in [-0.15, -0.1) is 24.0 Å². The van der Waals surface area contributed by atoms with Gasteiger partial charge < -0.3 is 24.8 Å². The second-order valence-corrected chi connectivity index (χ2v) is 5.98.